The molecule has 0 saturated heterocycles. The van der Waals surface area contributed by atoms with Crippen LogP contribution in [0.5, 0.6) is 0 Å². The van der Waals surface area contributed by atoms with Crippen molar-refractivity contribution < 1.29 is 4.79 Å². The second-order valence-corrected chi connectivity index (χ2v) is 3.50. The zero-order chi connectivity index (χ0) is 12.1. The van der Waals surface area contributed by atoms with E-state index < -0.39 is 11.9 Å². The van der Waals surface area contributed by atoms with Crippen molar-refractivity contribution in [2.75, 3.05) is 11.9 Å². The lowest BCUT2D eigenvalue weighted by atomic mass is 10.1. The minimum absolute atomic E-state index is 0.216. The Bertz CT molecular complexity index is 436. The van der Waals surface area contributed by atoms with Gasteiger partial charge in [0.15, 0.2) is 0 Å². The van der Waals surface area contributed by atoms with Crippen molar-refractivity contribution >= 4 is 11.6 Å². The van der Waals surface area contributed by atoms with E-state index in [1.807, 2.05) is 19.1 Å². The van der Waals surface area contributed by atoms with Gasteiger partial charge in [0.25, 0.3) is 0 Å². The van der Waals surface area contributed by atoms with E-state index in [2.05, 4.69) is 11.4 Å². The summed E-state index contributed by atoms with van der Waals surface area (Å²) in [6.07, 6.45) is 0. The van der Waals surface area contributed by atoms with Gasteiger partial charge in [-0.25, -0.2) is 0 Å². The zero-order valence-corrected chi connectivity index (χ0v) is 9.03. The fourth-order valence-corrected chi connectivity index (χ4v) is 1.28. The number of nitriles is 1. The van der Waals surface area contributed by atoms with Crippen LogP contribution >= 0.6 is 0 Å². The minimum atomic E-state index is -0.757. The third-order valence-corrected chi connectivity index (χ3v) is 2.26. The van der Waals surface area contributed by atoms with Crippen LogP contribution < -0.4 is 16.8 Å². The Kier molecular flexibility index (Phi) is 3.86. The molecule has 0 spiro atoms. The number of aryl methyl sites for hydroxylation is 1. The lowest BCUT2D eigenvalue weighted by molar-refractivity contribution is -0.118. The van der Waals surface area contributed by atoms with Crippen molar-refractivity contribution in [2.45, 2.75) is 13.0 Å². The van der Waals surface area contributed by atoms with Gasteiger partial charge in [0.05, 0.1) is 11.3 Å². The number of hydrogen-bond donors (Lipinski definition) is 3. The molecule has 1 unspecified atom stereocenters. The molecule has 84 valence electrons. The SMILES string of the molecule is Cc1cccc(NCC(N)C(N)=O)c1C#N. The molecule has 0 radical (unpaired) electrons. The molecule has 0 fully saturated rings. The number of hydrogen-bond acceptors (Lipinski definition) is 4. The Morgan fingerprint density at radius 3 is 2.88 bits per heavy atom. The Hall–Kier alpha value is -2.06. The van der Waals surface area contributed by atoms with Crippen LogP contribution in [0.2, 0.25) is 0 Å². The molecule has 0 aliphatic carbocycles. The predicted molar refractivity (Wildman–Crippen MR) is 61.6 cm³/mol. The molecule has 1 atom stereocenters. The fraction of sp³-hybridized carbons (Fsp3) is 0.273. The van der Waals surface area contributed by atoms with Gasteiger partial charge in [-0.2, -0.15) is 5.26 Å². The van der Waals surface area contributed by atoms with E-state index in [4.69, 9.17) is 16.7 Å². The van der Waals surface area contributed by atoms with Crippen LogP contribution in [-0.2, 0) is 4.79 Å². The minimum Gasteiger partial charge on any atom is -0.382 e. The number of nitrogens with zero attached hydrogens (tertiary/aromatic N) is 1. The van der Waals surface area contributed by atoms with E-state index in [1.165, 1.54) is 0 Å². The van der Waals surface area contributed by atoms with Crippen LogP contribution in [0.4, 0.5) is 5.69 Å². The fourth-order valence-electron chi connectivity index (χ4n) is 1.28. The normalized spacial score (nSPS) is 11.6. The molecule has 0 aromatic heterocycles. The summed E-state index contributed by atoms with van der Waals surface area (Å²) in [5.74, 6) is -0.571. The molecule has 5 N–H and O–H groups in total. The summed E-state index contributed by atoms with van der Waals surface area (Å²) >= 11 is 0. The largest absolute Gasteiger partial charge is 0.382 e. The van der Waals surface area contributed by atoms with Crippen molar-refractivity contribution in [3.05, 3.63) is 29.3 Å². The van der Waals surface area contributed by atoms with Crippen molar-refractivity contribution in [1.82, 2.24) is 0 Å². The Morgan fingerprint density at radius 1 is 1.62 bits per heavy atom. The van der Waals surface area contributed by atoms with E-state index in [1.54, 1.807) is 6.07 Å². The van der Waals surface area contributed by atoms with Crippen LogP contribution in [0, 0.1) is 18.3 Å². The van der Waals surface area contributed by atoms with E-state index in [-0.39, 0.29) is 6.54 Å². The monoisotopic (exact) mass is 218 g/mol. The first-order valence-corrected chi connectivity index (χ1v) is 4.84. The predicted octanol–water partition coefficient (Wildman–Crippen LogP) is 0.0912. The Labute approximate surface area is 94.0 Å². The number of amides is 1. The van der Waals surface area contributed by atoms with Crippen molar-refractivity contribution in [2.24, 2.45) is 11.5 Å². The molecular formula is C11H14N4O. The number of benzene rings is 1. The summed E-state index contributed by atoms with van der Waals surface area (Å²) in [4.78, 5) is 10.7. The molecule has 5 heteroatoms. The van der Waals surface area contributed by atoms with E-state index in [0.717, 1.165) is 5.56 Å². The summed E-state index contributed by atoms with van der Waals surface area (Å²) in [6.45, 7) is 2.06. The molecule has 1 amide bonds. The van der Waals surface area contributed by atoms with E-state index >= 15 is 0 Å². The number of rotatable bonds is 4. The molecule has 1 aromatic rings. The highest BCUT2D eigenvalue weighted by atomic mass is 16.1. The smallest absolute Gasteiger partial charge is 0.236 e. The van der Waals surface area contributed by atoms with Crippen LogP contribution in [0.15, 0.2) is 18.2 Å². The number of carbonyl (C=O) groups is 1. The average Bonchev–Trinajstić information content (AvgIpc) is 2.25. The first kappa shape index (κ1) is 12.0. The number of carbonyl (C=O) groups excluding carboxylic acids is 1. The maximum atomic E-state index is 10.7. The van der Waals surface area contributed by atoms with Gasteiger partial charge in [0.2, 0.25) is 5.91 Å². The summed E-state index contributed by atoms with van der Waals surface area (Å²) in [7, 11) is 0. The van der Waals surface area contributed by atoms with Crippen LogP contribution in [0.3, 0.4) is 0 Å². The van der Waals surface area contributed by atoms with Gasteiger partial charge in [0.1, 0.15) is 12.1 Å². The lowest BCUT2D eigenvalue weighted by Gasteiger charge is -2.12. The van der Waals surface area contributed by atoms with Crippen molar-refractivity contribution in [3.63, 3.8) is 0 Å². The van der Waals surface area contributed by atoms with E-state index in [0.29, 0.717) is 11.3 Å². The number of nitrogens with one attached hydrogen (secondary N) is 1. The summed E-state index contributed by atoms with van der Waals surface area (Å²) in [5, 5.41) is 11.9. The molecule has 16 heavy (non-hydrogen) atoms. The third-order valence-electron chi connectivity index (χ3n) is 2.26. The summed E-state index contributed by atoms with van der Waals surface area (Å²) in [6, 6.07) is 6.78. The van der Waals surface area contributed by atoms with E-state index in [9.17, 15) is 4.79 Å². The molecular weight excluding hydrogens is 204 g/mol. The Morgan fingerprint density at radius 2 is 2.31 bits per heavy atom. The summed E-state index contributed by atoms with van der Waals surface area (Å²) in [5.41, 5.74) is 12.6. The molecule has 1 rings (SSSR count). The van der Waals surface area contributed by atoms with Crippen molar-refractivity contribution in [3.8, 4) is 6.07 Å². The van der Waals surface area contributed by atoms with Crippen molar-refractivity contribution in [1.29, 1.82) is 5.26 Å². The summed E-state index contributed by atoms with van der Waals surface area (Å²) < 4.78 is 0. The van der Waals surface area contributed by atoms with Gasteiger partial charge in [-0.15, -0.1) is 0 Å². The molecule has 0 heterocycles. The molecule has 0 aliphatic rings. The average molecular weight is 218 g/mol. The number of nitrogens with two attached hydrogens (primary N) is 2. The van der Waals surface area contributed by atoms with Crippen LogP contribution in [-0.4, -0.2) is 18.5 Å². The number of primary amides is 1. The first-order valence-electron chi connectivity index (χ1n) is 4.84. The molecule has 0 saturated carbocycles. The maximum absolute atomic E-state index is 10.7. The second-order valence-electron chi connectivity index (χ2n) is 3.50. The maximum Gasteiger partial charge on any atom is 0.236 e. The van der Waals surface area contributed by atoms with Gasteiger partial charge in [0, 0.05) is 6.54 Å². The second kappa shape index (κ2) is 5.14. The molecule has 0 aliphatic heterocycles. The standard InChI is InChI=1S/C11H14N4O/c1-7-3-2-4-10(8(7)5-12)15-6-9(13)11(14)16/h2-4,9,15H,6,13H2,1H3,(H2,14,16). The van der Waals surface area contributed by atoms with Gasteiger partial charge < -0.3 is 16.8 Å². The Balaban J connectivity index is 2.79. The highest BCUT2D eigenvalue weighted by molar-refractivity contribution is 5.80. The highest BCUT2D eigenvalue weighted by Crippen LogP contribution is 2.17. The molecule has 0 bridgehead atoms. The highest BCUT2D eigenvalue weighted by Gasteiger charge is 2.10. The van der Waals surface area contributed by atoms with Gasteiger partial charge in [-0.1, -0.05) is 12.1 Å². The van der Waals surface area contributed by atoms with Gasteiger partial charge in [-0.05, 0) is 18.6 Å². The molecule has 1 aromatic carbocycles. The lowest BCUT2D eigenvalue weighted by Crippen LogP contribution is -2.41. The first-order chi connectivity index (χ1) is 7.56. The van der Waals surface area contributed by atoms with Crippen LogP contribution in [0.25, 0.3) is 0 Å². The van der Waals surface area contributed by atoms with Crippen LogP contribution in [0.1, 0.15) is 11.1 Å². The quantitative estimate of drug-likeness (QED) is 0.666. The number of anilines is 1. The topological polar surface area (TPSA) is 105 Å². The zero-order valence-electron chi connectivity index (χ0n) is 9.03. The molecule has 5 nitrogen and oxygen atoms in total. The third kappa shape index (κ3) is 2.72. The van der Waals surface area contributed by atoms with Gasteiger partial charge in [-0.3, -0.25) is 4.79 Å². The van der Waals surface area contributed by atoms with Gasteiger partial charge >= 0.3 is 0 Å².